The van der Waals surface area contributed by atoms with Crippen molar-refractivity contribution in [3.05, 3.63) is 35.1 Å². The highest BCUT2D eigenvalue weighted by molar-refractivity contribution is 5.28. The van der Waals surface area contributed by atoms with Crippen molar-refractivity contribution in [3.8, 4) is 0 Å². The van der Waals surface area contributed by atoms with E-state index in [4.69, 9.17) is 10.8 Å². The maximum Gasteiger partial charge on any atom is 0.126 e. The van der Waals surface area contributed by atoms with Crippen LogP contribution in [-0.2, 0) is 5.54 Å². The molecule has 0 aliphatic carbocycles. The molecule has 1 unspecified atom stereocenters. The first-order valence-electron chi connectivity index (χ1n) is 4.14. The van der Waals surface area contributed by atoms with E-state index < -0.39 is 5.54 Å². The molecule has 1 aromatic carbocycles. The van der Waals surface area contributed by atoms with Crippen LogP contribution in [-0.4, -0.2) is 11.7 Å². The summed E-state index contributed by atoms with van der Waals surface area (Å²) in [7, 11) is 0. The van der Waals surface area contributed by atoms with Crippen molar-refractivity contribution < 1.29 is 9.50 Å². The van der Waals surface area contributed by atoms with E-state index in [-0.39, 0.29) is 12.4 Å². The first kappa shape index (κ1) is 10.2. The van der Waals surface area contributed by atoms with Gasteiger partial charge in [0, 0.05) is 0 Å². The Kier molecular flexibility index (Phi) is 2.68. The molecule has 1 rings (SSSR count). The van der Waals surface area contributed by atoms with E-state index in [1.54, 1.807) is 26.0 Å². The summed E-state index contributed by atoms with van der Waals surface area (Å²) < 4.78 is 13.1. The molecule has 3 heteroatoms. The molecule has 0 heterocycles. The predicted octanol–water partition coefficient (Wildman–Crippen LogP) is 1.30. The van der Waals surface area contributed by atoms with E-state index in [0.29, 0.717) is 11.1 Å². The highest BCUT2D eigenvalue weighted by Crippen LogP contribution is 2.19. The van der Waals surface area contributed by atoms with Gasteiger partial charge < -0.3 is 10.8 Å². The van der Waals surface area contributed by atoms with Crippen molar-refractivity contribution in [2.75, 3.05) is 6.61 Å². The molecule has 0 fully saturated rings. The normalized spacial score (nSPS) is 15.5. The molecular formula is C10H14FNO. The van der Waals surface area contributed by atoms with Gasteiger partial charge in [0.1, 0.15) is 5.82 Å². The van der Waals surface area contributed by atoms with Gasteiger partial charge in [0.05, 0.1) is 12.1 Å². The third kappa shape index (κ3) is 2.05. The molecule has 0 bridgehead atoms. The van der Waals surface area contributed by atoms with Crippen molar-refractivity contribution in [1.29, 1.82) is 0 Å². The number of halogens is 1. The summed E-state index contributed by atoms with van der Waals surface area (Å²) in [5.41, 5.74) is 6.06. The fourth-order valence-corrected chi connectivity index (χ4v) is 1.04. The summed E-state index contributed by atoms with van der Waals surface area (Å²) >= 11 is 0. The average molecular weight is 183 g/mol. The second kappa shape index (κ2) is 3.44. The van der Waals surface area contributed by atoms with Crippen LogP contribution in [0.1, 0.15) is 18.1 Å². The minimum Gasteiger partial charge on any atom is -0.394 e. The van der Waals surface area contributed by atoms with E-state index in [9.17, 15) is 4.39 Å². The Morgan fingerprint density at radius 3 is 2.62 bits per heavy atom. The Morgan fingerprint density at radius 2 is 2.15 bits per heavy atom. The minimum absolute atomic E-state index is 0.199. The number of hydrogen-bond acceptors (Lipinski definition) is 2. The van der Waals surface area contributed by atoms with Crippen LogP contribution in [0.2, 0.25) is 0 Å². The fourth-order valence-electron chi connectivity index (χ4n) is 1.04. The van der Waals surface area contributed by atoms with E-state index in [1.807, 2.05) is 0 Å². The lowest BCUT2D eigenvalue weighted by Gasteiger charge is -2.22. The molecule has 0 aliphatic heterocycles. The Bertz CT molecular complexity index is 310. The van der Waals surface area contributed by atoms with Crippen molar-refractivity contribution in [1.82, 2.24) is 0 Å². The van der Waals surface area contributed by atoms with Gasteiger partial charge in [-0.15, -0.1) is 0 Å². The maximum atomic E-state index is 13.1. The van der Waals surface area contributed by atoms with E-state index in [1.165, 1.54) is 6.07 Å². The fraction of sp³-hybridized carbons (Fsp3) is 0.400. The zero-order valence-electron chi connectivity index (χ0n) is 7.84. The van der Waals surface area contributed by atoms with Crippen LogP contribution in [0, 0.1) is 12.7 Å². The molecule has 72 valence electrons. The van der Waals surface area contributed by atoms with Gasteiger partial charge in [-0.1, -0.05) is 12.1 Å². The smallest absolute Gasteiger partial charge is 0.126 e. The van der Waals surface area contributed by atoms with Crippen LogP contribution in [0.3, 0.4) is 0 Å². The number of aliphatic hydroxyl groups excluding tert-OH is 1. The Hall–Kier alpha value is -0.930. The molecule has 0 spiro atoms. The molecule has 3 N–H and O–H groups in total. The van der Waals surface area contributed by atoms with Crippen LogP contribution < -0.4 is 5.73 Å². The molecule has 13 heavy (non-hydrogen) atoms. The minimum atomic E-state index is -0.867. The van der Waals surface area contributed by atoms with E-state index in [0.717, 1.165) is 0 Å². The molecule has 0 aromatic heterocycles. The number of aryl methyl sites for hydroxylation is 1. The number of nitrogens with two attached hydrogens (primary N) is 1. The van der Waals surface area contributed by atoms with Gasteiger partial charge in [-0.05, 0) is 31.0 Å². The molecule has 0 saturated heterocycles. The molecule has 2 nitrogen and oxygen atoms in total. The number of aliphatic hydroxyl groups is 1. The standard InChI is InChI=1S/C10H14FNO/c1-7-3-4-8(5-9(7)11)10(2,12)6-13/h3-5,13H,6,12H2,1-2H3. The van der Waals surface area contributed by atoms with Gasteiger partial charge in [0.15, 0.2) is 0 Å². The average Bonchev–Trinajstić information content (AvgIpc) is 2.09. The largest absolute Gasteiger partial charge is 0.394 e. The van der Waals surface area contributed by atoms with E-state index in [2.05, 4.69) is 0 Å². The number of rotatable bonds is 2. The SMILES string of the molecule is Cc1ccc(C(C)(N)CO)cc1F. The maximum absolute atomic E-state index is 13.1. The zero-order valence-corrected chi connectivity index (χ0v) is 7.84. The number of benzene rings is 1. The first-order chi connectivity index (χ1) is 5.97. The third-order valence-corrected chi connectivity index (χ3v) is 2.16. The molecule has 1 atom stereocenters. The second-order valence-electron chi connectivity index (χ2n) is 3.54. The van der Waals surface area contributed by atoms with Crippen LogP contribution in [0.4, 0.5) is 4.39 Å². The molecule has 0 radical (unpaired) electrons. The Morgan fingerprint density at radius 1 is 1.54 bits per heavy atom. The van der Waals surface area contributed by atoms with Gasteiger partial charge in [-0.2, -0.15) is 0 Å². The van der Waals surface area contributed by atoms with Crippen LogP contribution in [0.5, 0.6) is 0 Å². The summed E-state index contributed by atoms with van der Waals surface area (Å²) in [5.74, 6) is -0.289. The predicted molar refractivity (Wildman–Crippen MR) is 49.8 cm³/mol. The molecule has 0 amide bonds. The van der Waals surface area contributed by atoms with Gasteiger partial charge in [-0.25, -0.2) is 4.39 Å². The van der Waals surface area contributed by atoms with Crippen LogP contribution >= 0.6 is 0 Å². The van der Waals surface area contributed by atoms with Crippen LogP contribution in [0.15, 0.2) is 18.2 Å². The lowest BCUT2D eigenvalue weighted by atomic mass is 9.93. The second-order valence-corrected chi connectivity index (χ2v) is 3.54. The van der Waals surface area contributed by atoms with Crippen molar-refractivity contribution in [2.45, 2.75) is 19.4 Å². The zero-order chi connectivity index (χ0) is 10.1. The highest BCUT2D eigenvalue weighted by atomic mass is 19.1. The summed E-state index contributed by atoms with van der Waals surface area (Å²) in [4.78, 5) is 0. The summed E-state index contributed by atoms with van der Waals surface area (Å²) in [6.07, 6.45) is 0. The van der Waals surface area contributed by atoms with Crippen molar-refractivity contribution in [3.63, 3.8) is 0 Å². The van der Waals surface area contributed by atoms with Gasteiger partial charge >= 0.3 is 0 Å². The molecule has 0 saturated carbocycles. The third-order valence-electron chi connectivity index (χ3n) is 2.16. The Balaban J connectivity index is 3.10. The van der Waals surface area contributed by atoms with Gasteiger partial charge in [-0.3, -0.25) is 0 Å². The molecule has 1 aromatic rings. The summed E-state index contributed by atoms with van der Waals surface area (Å²) in [6, 6.07) is 4.76. The lowest BCUT2D eigenvalue weighted by molar-refractivity contribution is 0.209. The van der Waals surface area contributed by atoms with Gasteiger partial charge in [0.25, 0.3) is 0 Å². The van der Waals surface area contributed by atoms with Crippen molar-refractivity contribution in [2.24, 2.45) is 5.73 Å². The first-order valence-corrected chi connectivity index (χ1v) is 4.14. The quantitative estimate of drug-likeness (QED) is 0.726. The molecular weight excluding hydrogens is 169 g/mol. The topological polar surface area (TPSA) is 46.2 Å². The monoisotopic (exact) mass is 183 g/mol. The highest BCUT2D eigenvalue weighted by Gasteiger charge is 2.20. The molecule has 0 aliphatic rings. The Labute approximate surface area is 77.2 Å². The van der Waals surface area contributed by atoms with Crippen molar-refractivity contribution >= 4 is 0 Å². The van der Waals surface area contributed by atoms with E-state index >= 15 is 0 Å². The van der Waals surface area contributed by atoms with Gasteiger partial charge in [0.2, 0.25) is 0 Å². The summed E-state index contributed by atoms with van der Waals surface area (Å²) in [5, 5.41) is 8.96. The number of hydrogen-bond donors (Lipinski definition) is 2. The lowest BCUT2D eigenvalue weighted by Crippen LogP contribution is -2.37. The van der Waals surface area contributed by atoms with Crippen LogP contribution in [0.25, 0.3) is 0 Å². The summed E-state index contributed by atoms with van der Waals surface area (Å²) in [6.45, 7) is 3.15.